The van der Waals surface area contributed by atoms with Gasteiger partial charge in [-0.2, -0.15) is 0 Å². The van der Waals surface area contributed by atoms with E-state index in [1.807, 2.05) is 23.1 Å². The molecule has 0 spiro atoms. The van der Waals surface area contributed by atoms with Crippen LogP contribution >= 0.6 is 0 Å². The molecule has 1 saturated carbocycles. The van der Waals surface area contributed by atoms with Crippen molar-refractivity contribution in [1.29, 1.82) is 0 Å². The molecule has 2 aliphatic heterocycles. The summed E-state index contributed by atoms with van der Waals surface area (Å²) in [5.41, 5.74) is 11.7. The molecule has 2 aromatic rings. The fourth-order valence-electron chi connectivity index (χ4n) is 5.47. The number of hydrogen-bond donors (Lipinski definition) is 3. The first-order chi connectivity index (χ1) is 14.1. The highest BCUT2D eigenvalue weighted by Gasteiger charge is 2.47. The Labute approximate surface area is 172 Å². The maximum atomic E-state index is 12.7. The van der Waals surface area contributed by atoms with Gasteiger partial charge in [0.1, 0.15) is 0 Å². The SMILES string of the molecule is Cc1cc(C2NNC3CC4NC(=O)N(Cc5ccccc5)CC4CC32)cc(C)n1. The number of carbonyl (C=O) groups is 1. The zero-order chi connectivity index (χ0) is 20.0. The number of pyridine rings is 1. The molecule has 29 heavy (non-hydrogen) atoms. The van der Waals surface area contributed by atoms with Crippen molar-refractivity contribution in [3.05, 3.63) is 65.0 Å². The summed E-state index contributed by atoms with van der Waals surface area (Å²) in [6, 6.07) is 15.7. The molecule has 3 fully saturated rings. The van der Waals surface area contributed by atoms with Gasteiger partial charge >= 0.3 is 6.03 Å². The van der Waals surface area contributed by atoms with Crippen LogP contribution in [0.1, 0.15) is 41.4 Å². The summed E-state index contributed by atoms with van der Waals surface area (Å²) in [6.07, 6.45) is 2.08. The molecule has 0 radical (unpaired) electrons. The van der Waals surface area contributed by atoms with Crippen molar-refractivity contribution in [2.45, 2.75) is 51.4 Å². The number of hydrazine groups is 1. The normalized spacial score (nSPS) is 31.2. The number of hydrogen-bond acceptors (Lipinski definition) is 4. The van der Waals surface area contributed by atoms with E-state index in [-0.39, 0.29) is 12.1 Å². The van der Waals surface area contributed by atoms with E-state index in [9.17, 15) is 4.79 Å². The van der Waals surface area contributed by atoms with E-state index < -0.39 is 0 Å². The van der Waals surface area contributed by atoms with E-state index in [4.69, 9.17) is 0 Å². The van der Waals surface area contributed by atoms with Crippen LogP contribution in [0.5, 0.6) is 0 Å². The third kappa shape index (κ3) is 3.63. The molecule has 3 aliphatic rings. The third-order valence-corrected chi connectivity index (χ3v) is 6.75. The van der Waals surface area contributed by atoms with Crippen LogP contribution in [0, 0.1) is 25.7 Å². The highest BCUT2D eigenvalue weighted by atomic mass is 16.2. The summed E-state index contributed by atoms with van der Waals surface area (Å²) in [5.74, 6) is 0.997. The van der Waals surface area contributed by atoms with Crippen LogP contribution in [0.3, 0.4) is 0 Å². The maximum Gasteiger partial charge on any atom is 0.317 e. The average Bonchev–Trinajstić information content (AvgIpc) is 3.10. The van der Waals surface area contributed by atoms with Gasteiger partial charge < -0.3 is 10.2 Å². The van der Waals surface area contributed by atoms with Crippen molar-refractivity contribution < 1.29 is 4.79 Å². The summed E-state index contributed by atoms with van der Waals surface area (Å²) in [5, 5.41) is 3.28. The minimum Gasteiger partial charge on any atom is -0.335 e. The molecule has 2 saturated heterocycles. The van der Waals surface area contributed by atoms with Crippen molar-refractivity contribution in [3.63, 3.8) is 0 Å². The Kier molecular flexibility index (Phi) is 4.76. The van der Waals surface area contributed by atoms with Crippen LogP contribution in [0.4, 0.5) is 4.79 Å². The van der Waals surface area contributed by atoms with Crippen LogP contribution in [-0.2, 0) is 6.54 Å². The van der Waals surface area contributed by atoms with Crippen LogP contribution < -0.4 is 16.2 Å². The molecular formula is C23H29N5O. The number of benzene rings is 1. The molecule has 3 N–H and O–H groups in total. The van der Waals surface area contributed by atoms with Crippen LogP contribution in [0.2, 0.25) is 0 Å². The van der Waals surface area contributed by atoms with E-state index >= 15 is 0 Å². The summed E-state index contributed by atoms with van der Waals surface area (Å²) in [6.45, 7) is 5.62. The summed E-state index contributed by atoms with van der Waals surface area (Å²) >= 11 is 0. The maximum absolute atomic E-state index is 12.7. The molecule has 6 nitrogen and oxygen atoms in total. The number of aromatic nitrogens is 1. The number of nitrogens with zero attached hydrogens (tertiary/aromatic N) is 2. The van der Waals surface area contributed by atoms with E-state index in [0.29, 0.717) is 30.5 Å². The van der Waals surface area contributed by atoms with Crippen LogP contribution in [0.15, 0.2) is 42.5 Å². The molecule has 0 bridgehead atoms. The minimum absolute atomic E-state index is 0.0662. The number of carbonyl (C=O) groups excluding carboxylic acids is 1. The molecule has 152 valence electrons. The first-order valence-electron chi connectivity index (χ1n) is 10.6. The van der Waals surface area contributed by atoms with E-state index in [0.717, 1.165) is 30.8 Å². The van der Waals surface area contributed by atoms with Crippen molar-refractivity contribution >= 4 is 6.03 Å². The predicted octanol–water partition coefficient (Wildman–Crippen LogP) is 2.84. The van der Waals surface area contributed by atoms with Gasteiger partial charge in [0.05, 0.1) is 6.04 Å². The molecule has 1 aliphatic carbocycles. The van der Waals surface area contributed by atoms with Gasteiger partial charge in [-0.15, -0.1) is 0 Å². The molecule has 1 aromatic heterocycles. The van der Waals surface area contributed by atoms with Crippen molar-refractivity contribution in [2.75, 3.05) is 6.54 Å². The van der Waals surface area contributed by atoms with Gasteiger partial charge in [0.2, 0.25) is 0 Å². The lowest BCUT2D eigenvalue weighted by Gasteiger charge is -2.45. The first-order valence-corrected chi connectivity index (χ1v) is 10.6. The smallest absolute Gasteiger partial charge is 0.317 e. The number of urea groups is 1. The molecule has 5 rings (SSSR count). The predicted molar refractivity (Wildman–Crippen MR) is 112 cm³/mol. The molecule has 1 aromatic carbocycles. The van der Waals surface area contributed by atoms with Crippen LogP contribution in [-0.4, -0.2) is 34.5 Å². The quantitative estimate of drug-likeness (QED) is 0.753. The molecule has 6 heteroatoms. The summed E-state index contributed by atoms with van der Waals surface area (Å²) in [7, 11) is 0. The van der Waals surface area contributed by atoms with E-state index in [1.54, 1.807) is 0 Å². The first kappa shape index (κ1) is 18.6. The average molecular weight is 392 g/mol. The van der Waals surface area contributed by atoms with Gasteiger partial charge in [0.25, 0.3) is 0 Å². The van der Waals surface area contributed by atoms with Crippen LogP contribution in [0.25, 0.3) is 0 Å². The Bertz CT molecular complexity index is 881. The summed E-state index contributed by atoms with van der Waals surface area (Å²) < 4.78 is 0. The van der Waals surface area contributed by atoms with Crippen molar-refractivity contribution in [3.8, 4) is 0 Å². The van der Waals surface area contributed by atoms with Gasteiger partial charge in [-0.1, -0.05) is 30.3 Å². The lowest BCUT2D eigenvalue weighted by atomic mass is 9.71. The number of rotatable bonds is 3. The molecule has 5 unspecified atom stereocenters. The number of fused-ring (bicyclic) bond motifs is 2. The fourth-order valence-corrected chi connectivity index (χ4v) is 5.47. The highest BCUT2D eigenvalue weighted by Crippen LogP contribution is 2.42. The second-order valence-electron chi connectivity index (χ2n) is 8.87. The lowest BCUT2D eigenvalue weighted by Crippen LogP contribution is -2.60. The Balaban J connectivity index is 1.33. The Morgan fingerprint density at radius 3 is 2.55 bits per heavy atom. The second-order valence-corrected chi connectivity index (χ2v) is 8.87. The Hall–Kier alpha value is -2.44. The standard InChI is InChI=1S/C23H29N5O/c1-14-8-17(9-15(2)24-14)22-19-10-18-13-28(12-16-6-4-3-5-7-16)23(29)25-20(18)11-21(19)26-27-22/h3-9,18-22,26-27H,10-13H2,1-2H3,(H,25,29). The number of amides is 2. The van der Waals surface area contributed by atoms with Gasteiger partial charge in [-0.05, 0) is 61.8 Å². The van der Waals surface area contributed by atoms with Crippen molar-refractivity contribution in [2.24, 2.45) is 11.8 Å². The zero-order valence-corrected chi connectivity index (χ0v) is 17.1. The molecule has 5 atom stereocenters. The second kappa shape index (κ2) is 7.43. The highest BCUT2D eigenvalue weighted by molar-refractivity contribution is 5.75. The van der Waals surface area contributed by atoms with E-state index in [1.165, 1.54) is 11.1 Å². The van der Waals surface area contributed by atoms with E-state index in [2.05, 4.69) is 59.3 Å². The van der Waals surface area contributed by atoms with Gasteiger partial charge in [-0.3, -0.25) is 10.4 Å². The molecule has 2 amide bonds. The van der Waals surface area contributed by atoms with Gasteiger partial charge in [0, 0.05) is 36.6 Å². The Morgan fingerprint density at radius 2 is 1.79 bits per heavy atom. The number of aryl methyl sites for hydroxylation is 2. The summed E-state index contributed by atoms with van der Waals surface area (Å²) in [4.78, 5) is 19.2. The third-order valence-electron chi connectivity index (χ3n) is 6.75. The van der Waals surface area contributed by atoms with Gasteiger partial charge in [0.15, 0.2) is 0 Å². The van der Waals surface area contributed by atoms with Gasteiger partial charge in [-0.25, -0.2) is 10.2 Å². The lowest BCUT2D eigenvalue weighted by molar-refractivity contribution is 0.0961. The fraction of sp³-hybridized carbons (Fsp3) is 0.478. The molecule has 3 heterocycles. The minimum atomic E-state index is 0.0662. The monoisotopic (exact) mass is 391 g/mol. The van der Waals surface area contributed by atoms with Crippen molar-refractivity contribution in [1.82, 2.24) is 26.1 Å². The largest absolute Gasteiger partial charge is 0.335 e. The molecular weight excluding hydrogens is 362 g/mol. The number of nitrogens with one attached hydrogen (secondary N) is 3. The Morgan fingerprint density at radius 1 is 1.03 bits per heavy atom. The topological polar surface area (TPSA) is 69.3 Å². The zero-order valence-electron chi connectivity index (χ0n) is 17.1.